The van der Waals surface area contributed by atoms with Gasteiger partial charge in [-0.15, -0.1) is 5.10 Å². The molecular weight excluding hydrogens is 361 g/mol. The molecule has 0 aliphatic carbocycles. The Hall–Kier alpha value is -3.43. The molecule has 138 valence electrons. The number of hydrogen-bond acceptors (Lipinski definition) is 7. The van der Waals surface area contributed by atoms with Crippen molar-refractivity contribution in [2.75, 3.05) is 0 Å². The van der Waals surface area contributed by atoms with Crippen molar-refractivity contribution >= 4 is 23.6 Å². The van der Waals surface area contributed by atoms with Crippen molar-refractivity contribution in [2.45, 2.75) is 13.2 Å². The molecule has 4 aromatic rings. The highest BCUT2D eigenvalue weighted by molar-refractivity contribution is 6.61. The van der Waals surface area contributed by atoms with Gasteiger partial charge in [0.05, 0.1) is 18.5 Å². The van der Waals surface area contributed by atoms with Gasteiger partial charge < -0.3 is 18.8 Å². The number of ether oxygens (including phenoxy) is 1. The van der Waals surface area contributed by atoms with E-state index in [2.05, 4.69) is 10.3 Å². The molecule has 0 fully saturated rings. The van der Waals surface area contributed by atoms with E-state index in [9.17, 15) is 9.82 Å². The lowest BCUT2D eigenvalue weighted by molar-refractivity contribution is 0.275. The zero-order valence-electron chi connectivity index (χ0n) is 14.6. The quantitative estimate of drug-likeness (QED) is 0.422. The Kier molecular flexibility index (Phi) is 3.96. The van der Waals surface area contributed by atoms with E-state index in [0.717, 1.165) is 22.1 Å². The van der Waals surface area contributed by atoms with E-state index in [4.69, 9.17) is 13.8 Å². The van der Waals surface area contributed by atoms with E-state index in [0.29, 0.717) is 23.6 Å². The van der Waals surface area contributed by atoms with Crippen molar-refractivity contribution in [1.82, 2.24) is 15.0 Å². The molecule has 2 aromatic carbocycles. The fraction of sp³-hybridized carbons (Fsp3) is 0.105. The minimum atomic E-state index is -0.908. The number of nitrogens with zero attached hydrogens (tertiary/aromatic N) is 3. The third-order valence-electron chi connectivity index (χ3n) is 4.58. The van der Waals surface area contributed by atoms with Crippen LogP contribution in [0.1, 0.15) is 11.3 Å². The van der Waals surface area contributed by atoms with Crippen molar-refractivity contribution in [3.05, 3.63) is 76.4 Å². The molecule has 0 saturated heterocycles. The molecule has 0 atom stereocenters. The van der Waals surface area contributed by atoms with Crippen LogP contribution in [0.4, 0.5) is 0 Å². The normalized spacial score (nSPS) is 13.1. The highest BCUT2D eigenvalue weighted by Gasteiger charge is 2.27. The third kappa shape index (κ3) is 3.06. The minimum absolute atomic E-state index is 0.208. The average Bonchev–Trinajstić information content (AvgIpc) is 3.33. The van der Waals surface area contributed by atoms with E-state index in [-0.39, 0.29) is 6.61 Å². The first kappa shape index (κ1) is 16.7. The van der Waals surface area contributed by atoms with Crippen molar-refractivity contribution in [2.24, 2.45) is 0 Å². The number of hydrogen-bond donors (Lipinski definition) is 1. The van der Waals surface area contributed by atoms with Crippen LogP contribution in [0.3, 0.4) is 0 Å². The molecule has 0 saturated carbocycles. The summed E-state index contributed by atoms with van der Waals surface area (Å²) in [6, 6.07) is 14.0. The standard InChI is InChI=1S/C19H14BN3O5/c24-19-6-3-12-2-5-16(8-18(12)28-19)26-11-14-9-23(22-21-14)15-4-1-13-10-27-20(25)17(13)7-15/h1-9,25H,10-11H2. The Morgan fingerprint density at radius 1 is 1.18 bits per heavy atom. The Labute approximate surface area is 159 Å². The molecule has 0 bridgehead atoms. The predicted octanol–water partition coefficient (Wildman–Crippen LogP) is 1.17. The predicted molar refractivity (Wildman–Crippen MR) is 101 cm³/mol. The maximum absolute atomic E-state index is 11.4. The average molecular weight is 375 g/mol. The SMILES string of the molecule is O=c1ccc2ccc(OCc3cn(-c4ccc5c(c4)B(O)OC5)nn3)cc2o1. The molecule has 0 spiro atoms. The molecule has 0 radical (unpaired) electrons. The van der Waals surface area contributed by atoms with Crippen molar-refractivity contribution < 1.29 is 18.8 Å². The van der Waals surface area contributed by atoms with Crippen LogP contribution in [0.25, 0.3) is 16.7 Å². The van der Waals surface area contributed by atoms with Gasteiger partial charge in [0.2, 0.25) is 0 Å². The van der Waals surface area contributed by atoms with Crippen LogP contribution in [-0.2, 0) is 17.9 Å². The lowest BCUT2D eigenvalue weighted by Crippen LogP contribution is -2.28. The summed E-state index contributed by atoms with van der Waals surface area (Å²) in [4.78, 5) is 11.4. The summed E-state index contributed by atoms with van der Waals surface area (Å²) in [7, 11) is -0.908. The van der Waals surface area contributed by atoms with Gasteiger partial charge in [0.15, 0.2) is 0 Å². The molecular formula is C19H14BN3O5. The van der Waals surface area contributed by atoms with Crippen LogP contribution < -0.4 is 15.8 Å². The van der Waals surface area contributed by atoms with Gasteiger partial charge in [0.1, 0.15) is 23.6 Å². The molecule has 0 amide bonds. The van der Waals surface area contributed by atoms with E-state index < -0.39 is 12.7 Å². The van der Waals surface area contributed by atoms with Gasteiger partial charge in [0, 0.05) is 17.5 Å². The van der Waals surface area contributed by atoms with Gasteiger partial charge in [-0.2, -0.15) is 0 Å². The van der Waals surface area contributed by atoms with Gasteiger partial charge in [-0.1, -0.05) is 11.3 Å². The van der Waals surface area contributed by atoms with Crippen molar-refractivity contribution in [3.63, 3.8) is 0 Å². The van der Waals surface area contributed by atoms with E-state index in [1.807, 2.05) is 24.3 Å². The van der Waals surface area contributed by atoms with Crippen LogP contribution in [0, 0.1) is 0 Å². The monoisotopic (exact) mass is 375 g/mol. The first-order chi connectivity index (χ1) is 13.7. The summed E-state index contributed by atoms with van der Waals surface area (Å²) in [5.74, 6) is 0.564. The number of rotatable bonds is 4. The molecule has 1 aliphatic rings. The van der Waals surface area contributed by atoms with Crippen LogP contribution in [0.5, 0.6) is 5.75 Å². The summed E-state index contributed by atoms with van der Waals surface area (Å²) in [6.45, 7) is 0.609. The number of aromatic nitrogens is 3. The molecule has 8 nitrogen and oxygen atoms in total. The molecule has 5 rings (SSSR count). The highest BCUT2D eigenvalue weighted by Crippen LogP contribution is 2.20. The highest BCUT2D eigenvalue weighted by atomic mass is 16.5. The zero-order chi connectivity index (χ0) is 19.1. The second-order valence-corrected chi connectivity index (χ2v) is 6.44. The molecule has 28 heavy (non-hydrogen) atoms. The fourth-order valence-electron chi connectivity index (χ4n) is 3.12. The maximum Gasteiger partial charge on any atom is 0.491 e. The summed E-state index contributed by atoms with van der Waals surface area (Å²) < 4.78 is 17.7. The van der Waals surface area contributed by atoms with Crippen molar-refractivity contribution in [1.29, 1.82) is 0 Å². The number of fused-ring (bicyclic) bond motifs is 2. The first-order valence-corrected chi connectivity index (χ1v) is 8.66. The molecule has 3 heterocycles. The zero-order valence-corrected chi connectivity index (χ0v) is 14.6. The van der Waals surface area contributed by atoms with Gasteiger partial charge in [-0.05, 0) is 41.4 Å². The Morgan fingerprint density at radius 3 is 3.00 bits per heavy atom. The molecule has 9 heteroatoms. The molecule has 2 aromatic heterocycles. The van der Waals surface area contributed by atoms with Gasteiger partial charge in [-0.3, -0.25) is 0 Å². The lowest BCUT2D eigenvalue weighted by Gasteiger charge is -2.05. The number of benzene rings is 2. The topological polar surface area (TPSA) is 99.6 Å². The summed E-state index contributed by atoms with van der Waals surface area (Å²) in [5.41, 5.74) is 3.16. The van der Waals surface area contributed by atoms with Crippen LogP contribution in [0.2, 0.25) is 0 Å². The minimum Gasteiger partial charge on any atom is -0.487 e. The van der Waals surface area contributed by atoms with E-state index in [1.54, 1.807) is 29.1 Å². The summed E-state index contributed by atoms with van der Waals surface area (Å²) in [6.07, 6.45) is 1.76. The van der Waals surface area contributed by atoms with E-state index >= 15 is 0 Å². The summed E-state index contributed by atoms with van der Waals surface area (Å²) in [5, 5.41) is 18.9. The van der Waals surface area contributed by atoms with Gasteiger partial charge >= 0.3 is 12.7 Å². The second-order valence-electron chi connectivity index (χ2n) is 6.44. The van der Waals surface area contributed by atoms with Crippen LogP contribution >= 0.6 is 0 Å². The van der Waals surface area contributed by atoms with Crippen molar-refractivity contribution in [3.8, 4) is 11.4 Å². The Balaban J connectivity index is 1.33. The molecule has 1 N–H and O–H groups in total. The largest absolute Gasteiger partial charge is 0.491 e. The van der Waals surface area contributed by atoms with Gasteiger partial charge in [0.25, 0.3) is 0 Å². The lowest BCUT2D eigenvalue weighted by atomic mass is 9.79. The third-order valence-corrected chi connectivity index (χ3v) is 4.58. The molecule has 1 aliphatic heterocycles. The first-order valence-electron chi connectivity index (χ1n) is 8.66. The fourth-order valence-corrected chi connectivity index (χ4v) is 3.12. The Bertz CT molecular complexity index is 1240. The van der Waals surface area contributed by atoms with E-state index in [1.165, 1.54) is 6.07 Å². The van der Waals surface area contributed by atoms with Crippen LogP contribution in [0.15, 0.2) is 63.9 Å². The maximum atomic E-state index is 11.4. The molecule has 0 unspecified atom stereocenters. The van der Waals surface area contributed by atoms with Gasteiger partial charge in [-0.25, -0.2) is 9.48 Å². The second kappa shape index (κ2) is 6.63. The summed E-state index contributed by atoms with van der Waals surface area (Å²) >= 11 is 0. The van der Waals surface area contributed by atoms with Crippen LogP contribution in [-0.4, -0.2) is 27.1 Å². The smallest absolute Gasteiger partial charge is 0.487 e. The Morgan fingerprint density at radius 2 is 2.07 bits per heavy atom.